The van der Waals surface area contributed by atoms with Crippen molar-refractivity contribution in [3.8, 4) is 0 Å². The van der Waals surface area contributed by atoms with E-state index >= 15 is 0 Å². The van der Waals surface area contributed by atoms with Crippen LogP contribution in [-0.2, 0) is 6.54 Å². The lowest BCUT2D eigenvalue weighted by Crippen LogP contribution is -2.44. The average molecular weight is 238 g/mol. The van der Waals surface area contributed by atoms with Gasteiger partial charge in [0.1, 0.15) is 11.6 Å². The monoisotopic (exact) mass is 238 g/mol. The fraction of sp³-hybridized carbons (Fsp3) is 0.545. The molecule has 6 heteroatoms. The van der Waals surface area contributed by atoms with Gasteiger partial charge in [-0.1, -0.05) is 0 Å². The molecule has 94 valence electrons. The molecule has 1 rings (SSSR count). The second kappa shape index (κ2) is 4.57. The van der Waals surface area contributed by atoms with Crippen molar-refractivity contribution in [2.24, 2.45) is 0 Å². The lowest BCUT2D eigenvalue weighted by atomic mass is 10.1. The summed E-state index contributed by atoms with van der Waals surface area (Å²) in [6, 6.07) is 0. The Morgan fingerprint density at radius 1 is 1.53 bits per heavy atom. The van der Waals surface area contributed by atoms with Crippen molar-refractivity contribution < 1.29 is 9.90 Å². The maximum absolute atomic E-state index is 11.2. The van der Waals surface area contributed by atoms with Gasteiger partial charge < -0.3 is 10.8 Å². The fourth-order valence-corrected chi connectivity index (χ4v) is 1.40. The predicted molar refractivity (Wildman–Crippen MR) is 64.5 cm³/mol. The third-order valence-electron chi connectivity index (χ3n) is 2.39. The van der Waals surface area contributed by atoms with E-state index in [0.29, 0.717) is 17.2 Å². The van der Waals surface area contributed by atoms with Crippen LogP contribution < -0.4 is 5.73 Å². The van der Waals surface area contributed by atoms with Crippen molar-refractivity contribution in [2.45, 2.75) is 39.8 Å². The molecule has 1 heterocycles. The van der Waals surface area contributed by atoms with E-state index in [1.165, 1.54) is 4.90 Å². The highest BCUT2D eigenvalue weighted by Crippen LogP contribution is 2.19. The Bertz CT molecular complexity index is 426. The molecule has 1 aromatic rings. The number of nitrogens with zero attached hydrogens (tertiary/aromatic N) is 3. The highest BCUT2D eigenvalue weighted by atomic mass is 16.4. The molecule has 0 atom stereocenters. The number of aromatic nitrogens is 2. The van der Waals surface area contributed by atoms with Gasteiger partial charge in [-0.05, 0) is 27.7 Å². The number of rotatable bonds is 2. The predicted octanol–water partition coefficient (Wildman–Crippen LogP) is 1.65. The number of nitrogen functional groups attached to an aromatic ring is 1. The Labute approximate surface area is 100 Å². The molecule has 1 amide bonds. The van der Waals surface area contributed by atoms with Crippen LogP contribution in [0.1, 0.15) is 32.2 Å². The lowest BCUT2D eigenvalue weighted by molar-refractivity contribution is 0.0956. The van der Waals surface area contributed by atoms with Crippen LogP contribution in [0, 0.1) is 6.92 Å². The molecule has 0 unspecified atom stereocenters. The van der Waals surface area contributed by atoms with E-state index in [4.69, 9.17) is 10.8 Å². The van der Waals surface area contributed by atoms with Crippen LogP contribution in [0.5, 0.6) is 0 Å². The van der Waals surface area contributed by atoms with Gasteiger partial charge in [0.05, 0.1) is 6.54 Å². The first-order chi connectivity index (χ1) is 7.71. The van der Waals surface area contributed by atoms with Crippen molar-refractivity contribution in [1.29, 1.82) is 0 Å². The van der Waals surface area contributed by atoms with Crippen LogP contribution in [0.3, 0.4) is 0 Å². The normalized spacial score (nSPS) is 11.3. The van der Waals surface area contributed by atoms with Crippen molar-refractivity contribution in [1.82, 2.24) is 14.9 Å². The minimum atomic E-state index is -0.988. The van der Waals surface area contributed by atoms with Gasteiger partial charge in [0.2, 0.25) is 0 Å². The van der Waals surface area contributed by atoms with E-state index in [-0.39, 0.29) is 6.54 Å². The van der Waals surface area contributed by atoms with Gasteiger partial charge in [-0.2, -0.15) is 0 Å². The van der Waals surface area contributed by atoms with Crippen LogP contribution >= 0.6 is 0 Å². The van der Waals surface area contributed by atoms with Gasteiger partial charge >= 0.3 is 6.09 Å². The number of carboxylic acid groups (broad SMARTS) is 1. The summed E-state index contributed by atoms with van der Waals surface area (Å²) in [7, 11) is 0. The highest BCUT2D eigenvalue weighted by molar-refractivity contribution is 5.66. The quantitative estimate of drug-likeness (QED) is 0.817. The minimum Gasteiger partial charge on any atom is -0.465 e. The first-order valence-corrected chi connectivity index (χ1v) is 5.30. The van der Waals surface area contributed by atoms with Gasteiger partial charge in [-0.25, -0.2) is 14.8 Å². The Balaban J connectivity index is 2.98. The number of carbonyl (C=O) groups is 1. The summed E-state index contributed by atoms with van der Waals surface area (Å²) in [4.78, 5) is 20.5. The number of hydrogen-bond donors (Lipinski definition) is 2. The topological polar surface area (TPSA) is 92.3 Å². The molecule has 3 N–H and O–H groups in total. The molecule has 0 fully saturated rings. The van der Waals surface area contributed by atoms with Crippen molar-refractivity contribution >= 4 is 11.9 Å². The van der Waals surface area contributed by atoms with E-state index < -0.39 is 11.6 Å². The van der Waals surface area contributed by atoms with E-state index in [9.17, 15) is 4.79 Å². The van der Waals surface area contributed by atoms with Gasteiger partial charge in [-0.3, -0.25) is 4.90 Å². The fourth-order valence-electron chi connectivity index (χ4n) is 1.40. The average Bonchev–Trinajstić information content (AvgIpc) is 2.13. The lowest BCUT2D eigenvalue weighted by Gasteiger charge is -2.33. The van der Waals surface area contributed by atoms with Crippen LogP contribution in [0.4, 0.5) is 10.6 Å². The SMILES string of the molecule is Cc1ncc(CN(C(=O)O)C(C)(C)C)c(N)n1. The van der Waals surface area contributed by atoms with E-state index in [2.05, 4.69) is 9.97 Å². The number of amides is 1. The molecule has 6 nitrogen and oxygen atoms in total. The maximum Gasteiger partial charge on any atom is 0.408 e. The molecule has 1 aromatic heterocycles. The van der Waals surface area contributed by atoms with Crippen LogP contribution in [0.2, 0.25) is 0 Å². The smallest absolute Gasteiger partial charge is 0.408 e. The van der Waals surface area contributed by atoms with Crippen LogP contribution in [-0.4, -0.2) is 31.6 Å². The zero-order valence-corrected chi connectivity index (χ0v) is 10.6. The Morgan fingerprint density at radius 2 is 2.12 bits per heavy atom. The Morgan fingerprint density at radius 3 is 2.53 bits per heavy atom. The molecule has 0 aliphatic rings. The summed E-state index contributed by atoms with van der Waals surface area (Å²) in [5, 5.41) is 9.16. The third kappa shape index (κ3) is 3.30. The minimum absolute atomic E-state index is 0.185. The zero-order chi connectivity index (χ0) is 13.2. The van der Waals surface area contributed by atoms with Gasteiger partial charge in [0.15, 0.2) is 0 Å². The third-order valence-corrected chi connectivity index (χ3v) is 2.39. The molecular formula is C11H18N4O2. The van der Waals surface area contributed by atoms with Crippen molar-refractivity contribution in [2.75, 3.05) is 5.73 Å². The number of anilines is 1. The molecule has 17 heavy (non-hydrogen) atoms. The molecule has 0 saturated carbocycles. The summed E-state index contributed by atoms with van der Waals surface area (Å²) in [6.45, 7) is 7.40. The summed E-state index contributed by atoms with van der Waals surface area (Å²) < 4.78 is 0. The molecule has 0 spiro atoms. The molecular weight excluding hydrogens is 220 g/mol. The van der Waals surface area contributed by atoms with E-state index in [0.717, 1.165) is 0 Å². The van der Waals surface area contributed by atoms with Crippen molar-refractivity contribution in [3.05, 3.63) is 17.6 Å². The standard InChI is InChI=1S/C11H18N4O2/c1-7-13-5-8(9(12)14-7)6-15(10(16)17)11(2,3)4/h5H,6H2,1-4H3,(H,16,17)(H2,12,13,14). The number of nitrogens with two attached hydrogens (primary N) is 1. The second-order valence-corrected chi connectivity index (χ2v) is 4.87. The van der Waals surface area contributed by atoms with Gasteiger partial charge in [0, 0.05) is 17.3 Å². The molecule has 0 aliphatic heterocycles. The summed E-state index contributed by atoms with van der Waals surface area (Å²) >= 11 is 0. The molecule has 0 aliphatic carbocycles. The van der Waals surface area contributed by atoms with Gasteiger partial charge in [-0.15, -0.1) is 0 Å². The summed E-state index contributed by atoms with van der Waals surface area (Å²) in [5.74, 6) is 0.900. The number of aryl methyl sites for hydroxylation is 1. The first-order valence-electron chi connectivity index (χ1n) is 5.30. The Hall–Kier alpha value is -1.85. The largest absolute Gasteiger partial charge is 0.465 e. The molecule has 0 aromatic carbocycles. The summed E-state index contributed by atoms with van der Waals surface area (Å²) in [6.07, 6.45) is 0.580. The van der Waals surface area contributed by atoms with Crippen LogP contribution in [0.25, 0.3) is 0 Å². The zero-order valence-electron chi connectivity index (χ0n) is 10.6. The maximum atomic E-state index is 11.2. The van der Waals surface area contributed by atoms with Gasteiger partial charge in [0.25, 0.3) is 0 Å². The first kappa shape index (κ1) is 13.2. The van der Waals surface area contributed by atoms with Crippen molar-refractivity contribution in [3.63, 3.8) is 0 Å². The summed E-state index contributed by atoms with van der Waals surface area (Å²) in [5.41, 5.74) is 5.86. The Kier molecular flexibility index (Phi) is 3.55. The van der Waals surface area contributed by atoms with E-state index in [1.54, 1.807) is 13.1 Å². The number of hydrogen-bond acceptors (Lipinski definition) is 4. The van der Waals surface area contributed by atoms with Crippen LogP contribution in [0.15, 0.2) is 6.20 Å². The second-order valence-electron chi connectivity index (χ2n) is 4.87. The highest BCUT2D eigenvalue weighted by Gasteiger charge is 2.26. The van der Waals surface area contributed by atoms with E-state index in [1.807, 2.05) is 20.8 Å². The molecule has 0 radical (unpaired) electrons. The molecule has 0 saturated heterocycles. The molecule has 0 bridgehead atoms.